The highest BCUT2D eigenvalue weighted by Crippen LogP contribution is 2.25. The molecule has 90 valence electrons. The van der Waals surface area contributed by atoms with Gasteiger partial charge in [-0.05, 0) is 17.7 Å². The van der Waals surface area contributed by atoms with E-state index in [0.29, 0.717) is 5.41 Å². The summed E-state index contributed by atoms with van der Waals surface area (Å²) in [5.41, 5.74) is 2.56. The highest BCUT2D eigenvalue weighted by atomic mass is 16.5. The Kier molecular flexibility index (Phi) is 2.61. The maximum absolute atomic E-state index is 5.24. The predicted octanol–water partition coefficient (Wildman–Crippen LogP) is 1.69. The highest BCUT2D eigenvalue weighted by Gasteiger charge is 2.32. The summed E-state index contributed by atoms with van der Waals surface area (Å²) in [6.45, 7) is 5.87. The van der Waals surface area contributed by atoms with Crippen molar-refractivity contribution in [1.29, 1.82) is 0 Å². The first-order chi connectivity index (χ1) is 8.27. The van der Waals surface area contributed by atoms with E-state index >= 15 is 0 Å². The molecular formula is C13H17N3O. The van der Waals surface area contributed by atoms with Crippen molar-refractivity contribution in [2.24, 2.45) is 5.41 Å². The minimum Gasteiger partial charge on any atom is -0.380 e. The van der Waals surface area contributed by atoms with Gasteiger partial charge in [0, 0.05) is 36.3 Å². The van der Waals surface area contributed by atoms with Gasteiger partial charge >= 0.3 is 0 Å². The van der Waals surface area contributed by atoms with Gasteiger partial charge in [0.25, 0.3) is 0 Å². The molecule has 0 atom stereocenters. The van der Waals surface area contributed by atoms with Crippen LogP contribution in [-0.2, 0) is 11.3 Å². The molecule has 2 aromatic rings. The van der Waals surface area contributed by atoms with Crippen molar-refractivity contribution in [1.82, 2.24) is 15.3 Å². The van der Waals surface area contributed by atoms with Gasteiger partial charge in [0.05, 0.1) is 13.2 Å². The summed E-state index contributed by atoms with van der Waals surface area (Å²) in [6, 6.07) is 4.07. The fourth-order valence-corrected chi connectivity index (χ4v) is 2.21. The van der Waals surface area contributed by atoms with Crippen molar-refractivity contribution in [3.63, 3.8) is 0 Å². The summed E-state index contributed by atoms with van der Waals surface area (Å²) in [6.07, 6.45) is 3.84. The zero-order chi connectivity index (χ0) is 11.7. The van der Waals surface area contributed by atoms with Crippen LogP contribution in [0.1, 0.15) is 12.5 Å². The van der Waals surface area contributed by atoms with E-state index in [2.05, 4.69) is 28.3 Å². The molecule has 0 spiro atoms. The van der Waals surface area contributed by atoms with Crippen molar-refractivity contribution in [3.05, 3.63) is 30.1 Å². The second-order valence-corrected chi connectivity index (χ2v) is 5.12. The molecule has 0 aromatic carbocycles. The molecule has 3 heterocycles. The van der Waals surface area contributed by atoms with Crippen LogP contribution in [0.25, 0.3) is 11.0 Å². The number of hydrogen-bond donors (Lipinski definition) is 2. The predicted molar refractivity (Wildman–Crippen MR) is 66.7 cm³/mol. The van der Waals surface area contributed by atoms with Crippen LogP contribution in [0.5, 0.6) is 0 Å². The lowest BCUT2D eigenvalue weighted by molar-refractivity contribution is -0.0991. The van der Waals surface area contributed by atoms with E-state index in [1.54, 1.807) is 0 Å². The molecule has 1 aliphatic rings. The Balaban J connectivity index is 1.65. The number of aromatic nitrogens is 2. The number of aromatic amines is 1. The molecule has 0 bridgehead atoms. The van der Waals surface area contributed by atoms with Crippen molar-refractivity contribution >= 4 is 11.0 Å². The van der Waals surface area contributed by atoms with Gasteiger partial charge in [-0.2, -0.15) is 0 Å². The number of H-pyrrole nitrogens is 1. The summed E-state index contributed by atoms with van der Waals surface area (Å²) >= 11 is 0. The lowest BCUT2D eigenvalue weighted by Crippen LogP contribution is -2.47. The van der Waals surface area contributed by atoms with Crippen LogP contribution >= 0.6 is 0 Å². The Morgan fingerprint density at radius 3 is 3.18 bits per heavy atom. The molecule has 2 N–H and O–H groups in total. The zero-order valence-electron chi connectivity index (χ0n) is 9.99. The van der Waals surface area contributed by atoms with Gasteiger partial charge < -0.3 is 15.0 Å². The topological polar surface area (TPSA) is 49.9 Å². The van der Waals surface area contributed by atoms with Crippen LogP contribution in [0.2, 0.25) is 0 Å². The van der Waals surface area contributed by atoms with Crippen LogP contribution in [0.4, 0.5) is 0 Å². The summed E-state index contributed by atoms with van der Waals surface area (Å²) < 4.78 is 5.24. The number of ether oxygens (including phenoxy) is 1. The van der Waals surface area contributed by atoms with Crippen molar-refractivity contribution in [2.75, 3.05) is 19.8 Å². The lowest BCUT2D eigenvalue weighted by Gasteiger charge is -2.38. The average molecular weight is 231 g/mol. The summed E-state index contributed by atoms with van der Waals surface area (Å²) in [4.78, 5) is 7.47. The number of nitrogens with one attached hydrogen (secondary N) is 2. The second-order valence-electron chi connectivity index (χ2n) is 5.12. The quantitative estimate of drug-likeness (QED) is 0.842. The van der Waals surface area contributed by atoms with Crippen LogP contribution in [0.15, 0.2) is 24.5 Å². The molecular weight excluding hydrogens is 214 g/mol. The van der Waals surface area contributed by atoms with E-state index in [1.165, 1.54) is 10.9 Å². The Hall–Kier alpha value is -1.39. The minimum absolute atomic E-state index is 0.324. The molecule has 3 rings (SSSR count). The number of hydrogen-bond acceptors (Lipinski definition) is 3. The third-order valence-corrected chi connectivity index (χ3v) is 3.31. The fraction of sp³-hybridized carbons (Fsp3) is 0.462. The maximum atomic E-state index is 5.24. The van der Waals surface area contributed by atoms with E-state index in [4.69, 9.17) is 4.74 Å². The van der Waals surface area contributed by atoms with Gasteiger partial charge in [-0.1, -0.05) is 6.92 Å². The molecule has 1 saturated heterocycles. The standard InChI is InChI=1S/C13H17N3O/c1-13(8-17-9-13)7-14-5-10-6-16-12-11(10)3-2-4-15-12/h2-4,6,14H,5,7-9H2,1H3,(H,15,16). The molecule has 2 aromatic heterocycles. The molecule has 0 saturated carbocycles. The second kappa shape index (κ2) is 4.13. The molecule has 0 unspecified atom stereocenters. The molecule has 0 aliphatic carbocycles. The molecule has 0 radical (unpaired) electrons. The Labute approximate surface area is 100 Å². The van der Waals surface area contributed by atoms with Gasteiger partial charge in [0.15, 0.2) is 0 Å². The van der Waals surface area contributed by atoms with E-state index in [-0.39, 0.29) is 0 Å². The van der Waals surface area contributed by atoms with E-state index in [1.807, 2.05) is 18.5 Å². The van der Waals surface area contributed by atoms with Crippen molar-refractivity contribution in [3.8, 4) is 0 Å². The van der Waals surface area contributed by atoms with Crippen LogP contribution in [-0.4, -0.2) is 29.7 Å². The first-order valence-electron chi connectivity index (χ1n) is 5.96. The Bertz CT molecular complexity index is 516. The van der Waals surface area contributed by atoms with Gasteiger partial charge in [-0.3, -0.25) is 0 Å². The minimum atomic E-state index is 0.324. The third kappa shape index (κ3) is 2.06. The smallest absolute Gasteiger partial charge is 0.137 e. The zero-order valence-corrected chi connectivity index (χ0v) is 9.99. The van der Waals surface area contributed by atoms with Gasteiger partial charge in [0.1, 0.15) is 5.65 Å². The SMILES string of the molecule is CC1(CNCc2c[nH]c3ncccc23)COC1. The number of pyridine rings is 1. The van der Waals surface area contributed by atoms with E-state index in [0.717, 1.165) is 32.0 Å². The average Bonchev–Trinajstić information content (AvgIpc) is 2.71. The number of fused-ring (bicyclic) bond motifs is 1. The van der Waals surface area contributed by atoms with Crippen molar-refractivity contribution in [2.45, 2.75) is 13.5 Å². The maximum Gasteiger partial charge on any atom is 0.137 e. The van der Waals surface area contributed by atoms with Crippen molar-refractivity contribution < 1.29 is 4.74 Å². The van der Waals surface area contributed by atoms with E-state index < -0.39 is 0 Å². The first-order valence-corrected chi connectivity index (χ1v) is 5.96. The number of nitrogens with zero attached hydrogens (tertiary/aromatic N) is 1. The molecule has 0 amide bonds. The lowest BCUT2D eigenvalue weighted by atomic mass is 9.89. The van der Waals surface area contributed by atoms with Gasteiger partial charge in [0.2, 0.25) is 0 Å². The third-order valence-electron chi connectivity index (χ3n) is 3.31. The van der Waals surface area contributed by atoms with Gasteiger partial charge in [-0.25, -0.2) is 4.98 Å². The Morgan fingerprint density at radius 1 is 1.53 bits per heavy atom. The highest BCUT2D eigenvalue weighted by molar-refractivity contribution is 5.79. The molecule has 1 fully saturated rings. The molecule has 4 nitrogen and oxygen atoms in total. The molecule has 4 heteroatoms. The van der Waals surface area contributed by atoms with Gasteiger partial charge in [-0.15, -0.1) is 0 Å². The Morgan fingerprint density at radius 2 is 2.41 bits per heavy atom. The summed E-state index contributed by atoms with van der Waals surface area (Å²) in [5, 5.41) is 4.70. The van der Waals surface area contributed by atoms with Crippen LogP contribution < -0.4 is 5.32 Å². The normalized spacial score (nSPS) is 18.2. The summed E-state index contributed by atoms with van der Waals surface area (Å²) in [5.74, 6) is 0. The van der Waals surface area contributed by atoms with E-state index in [9.17, 15) is 0 Å². The molecule has 1 aliphatic heterocycles. The monoisotopic (exact) mass is 231 g/mol. The number of rotatable bonds is 4. The molecule has 17 heavy (non-hydrogen) atoms. The van der Waals surface area contributed by atoms with Crippen LogP contribution in [0, 0.1) is 5.41 Å². The first kappa shape index (κ1) is 10.7. The summed E-state index contributed by atoms with van der Waals surface area (Å²) in [7, 11) is 0. The largest absolute Gasteiger partial charge is 0.380 e. The van der Waals surface area contributed by atoms with Crippen LogP contribution in [0.3, 0.4) is 0 Å². The fourth-order valence-electron chi connectivity index (χ4n) is 2.21.